The molecule has 10 heteroatoms. The number of nitrogens with one attached hydrogen (secondary N) is 3. The Bertz CT molecular complexity index is 1300. The molecular weight excluding hydrogens is 489 g/mol. The van der Waals surface area contributed by atoms with Gasteiger partial charge in [0, 0.05) is 16.9 Å². The molecule has 2 aromatic carbocycles. The van der Waals surface area contributed by atoms with Crippen molar-refractivity contribution >= 4 is 49.0 Å². The summed E-state index contributed by atoms with van der Waals surface area (Å²) in [6.45, 7) is 4.78. The molecule has 0 atom stereocenters. The average Bonchev–Trinajstić information content (AvgIpc) is 2.99. The largest absolute Gasteiger partial charge is 0.354 e. The third kappa shape index (κ3) is 4.86. The summed E-state index contributed by atoms with van der Waals surface area (Å²) in [5, 5.41) is 2.63. The van der Waals surface area contributed by atoms with Gasteiger partial charge in [0.05, 0.1) is 15.1 Å². The molecule has 0 fully saturated rings. The summed E-state index contributed by atoms with van der Waals surface area (Å²) < 4.78 is 41.6. The number of Topliss-reactive ketones (excluding diaryl/α,β-unsaturated/α-hetero) is 1. The lowest BCUT2D eigenvalue weighted by molar-refractivity contribution is 0.101. The molecule has 0 unspecified atom stereocenters. The number of sulfonamides is 1. The number of aromatic amines is 1. The Morgan fingerprint density at radius 2 is 1.77 bits per heavy atom. The third-order valence-corrected chi connectivity index (χ3v) is 6.61. The molecule has 3 rings (SSSR count). The maximum absolute atomic E-state index is 13.7. The number of anilines is 2. The fourth-order valence-electron chi connectivity index (χ4n) is 3.21. The summed E-state index contributed by atoms with van der Waals surface area (Å²) in [6, 6.07) is 9.50. The fraction of sp³-hybridized carbons (Fsp3) is 0.143. The van der Waals surface area contributed by atoms with Gasteiger partial charge in [0.25, 0.3) is 15.9 Å². The second-order valence-electron chi connectivity index (χ2n) is 6.90. The van der Waals surface area contributed by atoms with Gasteiger partial charge in [0.15, 0.2) is 5.78 Å². The normalized spacial score (nSPS) is 11.3. The minimum absolute atomic E-state index is 0.0596. The van der Waals surface area contributed by atoms with Crippen molar-refractivity contribution in [3.63, 3.8) is 0 Å². The van der Waals surface area contributed by atoms with Crippen LogP contribution in [-0.2, 0) is 10.0 Å². The highest BCUT2D eigenvalue weighted by molar-refractivity contribution is 9.10. The second-order valence-corrected chi connectivity index (χ2v) is 9.43. The molecule has 0 saturated heterocycles. The second kappa shape index (κ2) is 8.64. The van der Waals surface area contributed by atoms with Gasteiger partial charge in [-0.1, -0.05) is 6.07 Å². The van der Waals surface area contributed by atoms with Crippen LogP contribution in [0, 0.1) is 19.7 Å². The number of ketones is 1. The minimum Gasteiger partial charge on any atom is -0.354 e. The first-order valence-corrected chi connectivity index (χ1v) is 11.4. The van der Waals surface area contributed by atoms with Gasteiger partial charge in [-0.2, -0.15) is 0 Å². The van der Waals surface area contributed by atoms with Crippen LogP contribution in [0.15, 0.2) is 51.8 Å². The van der Waals surface area contributed by atoms with Crippen molar-refractivity contribution in [1.29, 1.82) is 0 Å². The van der Waals surface area contributed by atoms with Crippen molar-refractivity contribution in [3.05, 3.63) is 75.3 Å². The lowest BCUT2D eigenvalue weighted by Crippen LogP contribution is -2.16. The van der Waals surface area contributed by atoms with E-state index in [2.05, 4.69) is 31.0 Å². The number of hydrogen-bond acceptors (Lipinski definition) is 4. The SMILES string of the molecule is CC(=O)c1c(C)[nH]c(C(=O)Nc2cccc(S(=O)(=O)Nc3ccc(Br)c(F)c3)c2)c1C. The van der Waals surface area contributed by atoms with Crippen molar-refractivity contribution < 1.29 is 22.4 Å². The lowest BCUT2D eigenvalue weighted by Gasteiger charge is -2.11. The van der Waals surface area contributed by atoms with E-state index >= 15 is 0 Å². The van der Waals surface area contributed by atoms with Crippen molar-refractivity contribution in [2.45, 2.75) is 25.7 Å². The van der Waals surface area contributed by atoms with Crippen LogP contribution < -0.4 is 10.0 Å². The molecule has 0 radical (unpaired) electrons. The number of H-pyrrole nitrogens is 1. The number of hydrogen-bond donors (Lipinski definition) is 3. The average molecular weight is 508 g/mol. The van der Waals surface area contributed by atoms with Crippen LogP contribution in [0.25, 0.3) is 0 Å². The van der Waals surface area contributed by atoms with Crippen LogP contribution in [0.1, 0.15) is 39.0 Å². The zero-order valence-electron chi connectivity index (χ0n) is 16.8. The Kier molecular flexibility index (Phi) is 6.33. The maximum Gasteiger partial charge on any atom is 0.272 e. The Labute approximate surface area is 187 Å². The quantitative estimate of drug-likeness (QED) is 0.416. The molecule has 0 spiro atoms. The van der Waals surface area contributed by atoms with Gasteiger partial charge in [0.2, 0.25) is 0 Å². The molecule has 0 saturated carbocycles. The first-order chi connectivity index (χ1) is 14.5. The van der Waals surface area contributed by atoms with Crippen LogP contribution in [0.2, 0.25) is 0 Å². The number of benzene rings is 2. The van der Waals surface area contributed by atoms with Crippen LogP contribution >= 0.6 is 15.9 Å². The van der Waals surface area contributed by atoms with E-state index in [1.807, 2.05) is 0 Å². The van der Waals surface area contributed by atoms with Crippen molar-refractivity contribution in [3.8, 4) is 0 Å². The van der Waals surface area contributed by atoms with Crippen LogP contribution in [0.3, 0.4) is 0 Å². The third-order valence-electron chi connectivity index (χ3n) is 4.59. The minimum atomic E-state index is -4.02. The predicted octanol–water partition coefficient (Wildman–Crippen LogP) is 4.79. The molecule has 0 aliphatic rings. The molecule has 0 aliphatic heterocycles. The first kappa shape index (κ1) is 22.7. The van der Waals surface area contributed by atoms with Crippen LogP contribution in [0.5, 0.6) is 0 Å². The van der Waals surface area contributed by atoms with Gasteiger partial charge in [0.1, 0.15) is 11.5 Å². The zero-order valence-corrected chi connectivity index (χ0v) is 19.2. The number of aromatic nitrogens is 1. The first-order valence-electron chi connectivity index (χ1n) is 9.09. The standard InChI is InChI=1S/C21H19BrFN3O4S/c1-11-19(13(3)27)12(2)24-20(11)21(28)25-14-5-4-6-16(9-14)31(29,30)26-15-7-8-17(22)18(23)10-15/h4-10,24,26H,1-3H3,(H,25,28). The van der Waals surface area contributed by atoms with E-state index in [-0.39, 0.29) is 32.2 Å². The van der Waals surface area contributed by atoms with Crippen molar-refractivity contribution in [2.75, 3.05) is 10.0 Å². The van der Waals surface area contributed by atoms with Crippen molar-refractivity contribution in [2.24, 2.45) is 0 Å². The number of carbonyl (C=O) groups excluding carboxylic acids is 2. The summed E-state index contributed by atoms with van der Waals surface area (Å²) >= 11 is 3.01. The van der Waals surface area contributed by atoms with Gasteiger partial charge in [-0.25, -0.2) is 12.8 Å². The van der Waals surface area contributed by atoms with E-state index in [9.17, 15) is 22.4 Å². The monoisotopic (exact) mass is 507 g/mol. The highest BCUT2D eigenvalue weighted by Crippen LogP contribution is 2.24. The van der Waals surface area contributed by atoms with Gasteiger partial charge in [-0.3, -0.25) is 14.3 Å². The van der Waals surface area contributed by atoms with Gasteiger partial charge >= 0.3 is 0 Å². The molecule has 0 bridgehead atoms. The molecule has 7 nitrogen and oxygen atoms in total. The Hall–Kier alpha value is -2.98. The number of halogens is 2. The van der Waals surface area contributed by atoms with E-state index in [1.54, 1.807) is 13.8 Å². The molecule has 1 amide bonds. The van der Waals surface area contributed by atoms with Gasteiger partial charge < -0.3 is 10.3 Å². The summed E-state index contributed by atoms with van der Waals surface area (Å²) in [6.07, 6.45) is 0. The number of amides is 1. The molecule has 162 valence electrons. The number of aryl methyl sites for hydroxylation is 1. The molecule has 0 aliphatic carbocycles. The van der Waals surface area contributed by atoms with E-state index in [0.717, 1.165) is 6.07 Å². The Balaban J connectivity index is 1.84. The molecule has 31 heavy (non-hydrogen) atoms. The topological polar surface area (TPSA) is 108 Å². The van der Waals surface area contributed by atoms with E-state index in [0.29, 0.717) is 16.8 Å². The molecular formula is C21H19BrFN3O4S. The number of rotatable bonds is 6. The fourth-order valence-corrected chi connectivity index (χ4v) is 4.56. The summed E-state index contributed by atoms with van der Waals surface area (Å²) in [7, 11) is -4.02. The zero-order chi connectivity index (χ0) is 22.9. The highest BCUT2D eigenvalue weighted by atomic mass is 79.9. The van der Waals surface area contributed by atoms with E-state index < -0.39 is 21.7 Å². The predicted molar refractivity (Wildman–Crippen MR) is 120 cm³/mol. The highest BCUT2D eigenvalue weighted by Gasteiger charge is 2.21. The van der Waals surface area contributed by atoms with E-state index in [4.69, 9.17) is 0 Å². The van der Waals surface area contributed by atoms with Crippen LogP contribution in [0.4, 0.5) is 15.8 Å². The smallest absolute Gasteiger partial charge is 0.272 e. The Morgan fingerprint density at radius 3 is 2.39 bits per heavy atom. The summed E-state index contributed by atoms with van der Waals surface area (Å²) in [4.78, 5) is 27.2. The molecule has 1 heterocycles. The molecule has 3 aromatic rings. The molecule has 1 aromatic heterocycles. The summed E-state index contributed by atoms with van der Waals surface area (Å²) in [5.74, 6) is -1.28. The molecule has 3 N–H and O–H groups in total. The number of carbonyl (C=O) groups is 2. The van der Waals surface area contributed by atoms with Crippen molar-refractivity contribution in [1.82, 2.24) is 4.98 Å². The Morgan fingerprint density at radius 1 is 1.06 bits per heavy atom. The summed E-state index contributed by atoms with van der Waals surface area (Å²) in [5.41, 5.74) is 2.07. The van der Waals surface area contributed by atoms with Gasteiger partial charge in [-0.05, 0) is 78.7 Å². The van der Waals surface area contributed by atoms with E-state index in [1.165, 1.54) is 43.3 Å². The van der Waals surface area contributed by atoms with Gasteiger partial charge in [-0.15, -0.1) is 0 Å². The van der Waals surface area contributed by atoms with Crippen LogP contribution in [-0.4, -0.2) is 25.1 Å². The lowest BCUT2D eigenvalue weighted by atomic mass is 10.1. The maximum atomic E-state index is 13.7.